The van der Waals surface area contributed by atoms with E-state index in [1.165, 1.54) is 0 Å². The average Bonchev–Trinajstić information content (AvgIpc) is 2.32. The van der Waals surface area contributed by atoms with Gasteiger partial charge in [0.2, 0.25) is 5.91 Å². The third-order valence-electron chi connectivity index (χ3n) is 2.49. The smallest absolute Gasteiger partial charge is 0.234 e. The zero-order valence-electron chi connectivity index (χ0n) is 10.2. The summed E-state index contributed by atoms with van der Waals surface area (Å²) in [6.45, 7) is 1.84. The fraction of sp³-hybridized carbons (Fsp3) is 0.333. The van der Waals surface area contributed by atoms with E-state index in [9.17, 15) is 18.0 Å². The monoisotopic (exact) mass is 290 g/mol. The van der Waals surface area contributed by atoms with Crippen molar-refractivity contribution in [3.63, 3.8) is 0 Å². The number of amides is 1. The maximum Gasteiger partial charge on any atom is 0.234 e. The number of thiocarbonyl (C=S) groups is 1. The maximum atomic E-state index is 13.0. The van der Waals surface area contributed by atoms with Gasteiger partial charge in [0.05, 0.1) is 10.9 Å². The van der Waals surface area contributed by atoms with Gasteiger partial charge in [0.15, 0.2) is 17.5 Å². The first-order valence-electron chi connectivity index (χ1n) is 5.61. The lowest BCUT2D eigenvalue weighted by Gasteiger charge is -2.14. The molecule has 0 saturated heterocycles. The summed E-state index contributed by atoms with van der Waals surface area (Å²) in [6.07, 6.45) is 1.09. The summed E-state index contributed by atoms with van der Waals surface area (Å²) in [5.41, 5.74) is 5.24. The Morgan fingerprint density at radius 1 is 1.37 bits per heavy atom. The van der Waals surface area contributed by atoms with E-state index in [-0.39, 0.29) is 10.7 Å². The highest BCUT2D eigenvalue weighted by Gasteiger charge is 2.21. The van der Waals surface area contributed by atoms with E-state index < -0.39 is 29.3 Å². The van der Waals surface area contributed by atoms with Crippen molar-refractivity contribution in [2.45, 2.75) is 19.8 Å². The Hall–Kier alpha value is -1.63. The number of halogens is 3. The van der Waals surface area contributed by atoms with Gasteiger partial charge in [-0.25, -0.2) is 13.2 Å². The Morgan fingerprint density at radius 2 is 1.89 bits per heavy atom. The lowest BCUT2D eigenvalue weighted by atomic mass is 10.0. The Balaban J connectivity index is 2.89. The molecule has 3 N–H and O–H groups in total. The van der Waals surface area contributed by atoms with E-state index in [1.54, 1.807) is 0 Å². The standard InChI is InChI=1S/C12H13F3N2OS/c1-2-3-7(11(16)19)12(18)17-6-4-8(13)10(15)9(14)5-6/h4-5,7H,2-3H2,1H3,(H2,16,19)(H,17,18). The van der Waals surface area contributed by atoms with Gasteiger partial charge in [-0.05, 0) is 6.42 Å². The molecule has 0 fully saturated rings. The number of carbonyl (C=O) groups is 1. The first-order valence-corrected chi connectivity index (χ1v) is 6.02. The van der Waals surface area contributed by atoms with Gasteiger partial charge in [-0.15, -0.1) is 0 Å². The quantitative estimate of drug-likeness (QED) is 0.647. The molecule has 1 atom stereocenters. The molecule has 0 aliphatic heterocycles. The van der Waals surface area contributed by atoms with Gasteiger partial charge in [0.25, 0.3) is 0 Å². The second-order valence-corrected chi connectivity index (χ2v) is 4.46. The van der Waals surface area contributed by atoms with E-state index in [0.717, 1.165) is 0 Å². The Morgan fingerprint density at radius 3 is 2.32 bits per heavy atom. The SMILES string of the molecule is CCCC(C(=O)Nc1cc(F)c(F)c(F)c1)C(N)=S. The van der Waals surface area contributed by atoms with E-state index in [0.29, 0.717) is 25.0 Å². The zero-order valence-corrected chi connectivity index (χ0v) is 11.0. The molecule has 7 heteroatoms. The minimum absolute atomic E-state index is 0.00223. The van der Waals surface area contributed by atoms with Crippen LogP contribution in [0.25, 0.3) is 0 Å². The summed E-state index contributed by atoms with van der Waals surface area (Å²) in [5, 5.41) is 2.26. The molecule has 0 spiro atoms. The average molecular weight is 290 g/mol. The van der Waals surface area contributed by atoms with Crippen molar-refractivity contribution < 1.29 is 18.0 Å². The number of anilines is 1. The third-order valence-corrected chi connectivity index (χ3v) is 2.77. The van der Waals surface area contributed by atoms with Crippen LogP contribution < -0.4 is 11.1 Å². The number of nitrogens with one attached hydrogen (secondary N) is 1. The molecule has 0 aliphatic rings. The summed E-state index contributed by atoms with van der Waals surface area (Å²) in [7, 11) is 0. The van der Waals surface area contributed by atoms with Crippen LogP contribution in [-0.2, 0) is 4.79 Å². The Kier molecular flexibility index (Phi) is 5.29. The zero-order chi connectivity index (χ0) is 14.6. The van der Waals surface area contributed by atoms with Crippen LogP contribution in [0.2, 0.25) is 0 Å². The van der Waals surface area contributed by atoms with Crippen LogP contribution in [0.1, 0.15) is 19.8 Å². The lowest BCUT2D eigenvalue weighted by molar-refractivity contribution is -0.118. The topological polar surface area (TPSA) is 55.1 Å². The molecule has 1 aromatic carbocycles. The van der Waals surface area contributed by atoms with Gasteiger partial charge in [-0.2, -0.15) is 0 Å². The molecule has 1 aromatic rings. The summed E-state index contributed by atoms with van der Waals surface area (Å²) >= 11 is 4.76. The van der Waals surface area contributed by atoms with Crippen molar-refractivity contribution in [3.8, 4) is 0 Å². The van der Waals surface area contributed by atoms with Gasteiger partial charge in [-0.1, -0.05) is 25.6 Å². The van der Waals surface area contributed by atoms with E-state index >= 15 is 0 Å². The van der Waals surface area contributed by atoms with Crippen LogP contribution in [0.4, 0.5) is 18.9 Å². The molecule has 0 heterocycles. The van der Waals surface area contributed by atoms with Crippen molar-refractivity contribution in [2.24, 2.45) is 11.7 Å². The van der Waals surface area contributed by atoms with Gasteiger partial charge in [0, 0.05) is 17.8 Å². The van der Waals surface area contributed by atoms with Crippen LogP contribution in [0, 0.1) is 23.4 Å². The molecule has 104 valence electrons. The number of hydrogen-bond donors (Lipinski definition) is 2. The first-order chi connectivity index (χ1) is 8.86. The van der Waals surface area contributed by atoms with Gasteiger partial charge < -0.3 is 11.1 Å². The molecule has 3 nitrogen and oxygen atoms in total. The molecule has 1 unspecified atom stereocenters. The predicted molar refractivity (Wildman–Crippen MR) is 70.1 cm³/mol. The number of nitrogens with two attached hydrogens (primary N) is 1. The summed E-state index contributed by atoms with van der Waals surface area (Å²) in [5.74, 6) is -5.64. The molecular weight excluding hydrogens is 277 g/mol. The van der Waals surface area contributed by atoms with Crippen molar-refractivity contribution in [3.05, 3.63) is 29.6 Å². The van der Waals surface area contributed by atoms with Crippen molar-refractivity contribution in [1.82, 2.24) is 0 Å². The van der Waals surface area contributed by atoms with Gasteiger partial charge >= 0.3 is 0 Å². The van der Waals surface area contributed by atoms with Crippen LogP contribution in [-0.4, -0.2) is 10.9 Å². The summed E-state index contributed by atoms with van der Waals surface area (Å²) in [4.78, 5) is 11.8. The summed E-state index contributed by atoms with van der Waals surface area (Å²) < 4.78 is 38.7. The fourth-order valence-electron chi connectivity index (χ4n) is 1.55. The molecule has 0 bridgehead atoms. The second-order valence-electron chi connectivity index (χ2n) is 3.99. The van der Waals surface area contributed by atoms with Crippen LogP contribution in [0.15, 0.2) is 12.1 Å². The number of benzene rings is 1. The van der Waals surface area contributed by atoms with E-state index in [2.05, 4.69) is 5.32 Å². The molecule has 0 aliphatic carbocycles. The minimum atomic E-state index is -1.59. The number of carbonyl (C=O) groups excluding carboxylic acids is 1. The predicted octanol–water partition coefficient (Wildman–Crippen LogP) is 2.74. The number of hydrogen-bond acceptors (Lipinski definition) is 2. The highest BCUT2D eigenvalue weighted by molar-refractivity contribution is 7.80. The maximum absolute atomic E-state index is 13.0. The minimum Gasteiger partial charge on any atom is -0.393 e. The Bertz CT molecular complexity index is 485. The highest BCUT2D eigenvalue weighted by Crippen LogP contribution is 2.19. The van der Waals surface area contributed by atoms with Crippen LogP contribution in [0.5, 0.6) is 0 Å². The van der Waals surface area contributed by atoms with Gasteiger partial charge in [0.1, 0.15) is 0 Å². The van der Waals surface area contributed by atoms with E-state index in [1.807, 2.05) is 6.92 Å². The van der Waals surface area contributed by atoms with Crippen LogP contribution in [0.3, 0.4) is 0 Å². The lowest BCUT2D eigenvalue weighted by Crippen LogP contribution is -2.33. The second kappa shape index (κ2) is 6.51. The molecular formula is C12H13F3N2OS. The normalized spacial score (nSPS) is 12.0. The molecule has 0 saturated carbocycles. The molecule has 19 heavy (non-hydrogen) atoms. The third kappa shape index (κ3) is 3.92. The largest absolute Gasteiger partial charge is 0.393 e. The number of rotatable bonds is 5. The van der Waals surface area contributed by atoms with Crippen molar-refractivity contribution >= 4 is 28.8 Å². The molecule has 0 aromatic heterocycles. The summed E-state index contributed by atoms with van der Waals surface area (Å²) in [6, 6.07) is 1.39. The first kappa shape index (κ1) is 15.4. The van der Waals surface area contributed by atoms with Crippen molar-refractivity contribution in [2.75, 3.05) is 5.32 Å². The molecule has 0 radical (unpaired) electrons. The van der Waals surface area contributed by atoms with Gasteiger partial charge in [-0.3, -0.25) is 4.79 Å². The molecule has 1 rings (SSSR count). The highest BCUT2D eigenvalue weighted by atomic mass is 32.1. The van der Waals surface area contributed by atoms with E-state index in [4.69, 9.17) is 18.0 Å². The van der Waals surface area contributed by atoms with Crippen LogP contribution >= 0.6 is 12.2 Å². The fourth-order valence-corrected chi connectivity index (χ4v) is 1.77. The Labute approximate surface area is 114 Å². The molecule has 1 amide bonds. The van der Waals surface area contributed by atoms with Crippen molar-refractivity contribution in [1.29, 1.82) is 0 Å².